The summed E-state index contributed by atoms with van der Waals surface area (Å²) in [5.41, 5.74) is 4.45. The number of pyridine rings is 2. The number of fused-ring (bicyclic) bond motifs is 1. The van der Waals surface area contributed by atoms with Crippen molar-refractivity contribution >= 4 is 11.0 Å². The lowest BCUT2D eigenvalue weighted by Gasteiger charge is -2.35. The molecule has 4 nitrogen and oxygen atoms in total. The molecular formula is C18H19N3O. The van der Waals surface area contributed by atoms with Crippen LogP contribution < -0.4 is 0 Å². The maximum atomic E-state index is 10.4. The zero-order valence-corrected chi connectivity index (χ0v) is 12.9. The summed E-state index contributed by atoms with van der Waals surface area (Å²) < 4.78 is 2.09. The van der Waals surface area contributed by atoms with Gasteiger partial charge in [-0.05, 0) is 49.9 Å². The summed E-state index contributed by atoms with van der Waals surface area (Å²) in [6.45, 7) is 2.08. The lowest BCUT2D eigenvalue weighted by molar-refractivity contribution is -0.0426. The molecule has 0 spiro atoms. The van der Waals surface area contributed by atoms with Crippen LogP contribution in [-0.2, 0) is 12.6 Å². The molecule has 0 unspecified atom stereocenters. The first-order chi connectivity index (χ1) is 10.6. The summed E-state index contributed by atoms with van der Waals surface area (Å²) in [5.74, 6) is 0. The second-order valence-corrected chi connectivity index (χ2v) is 6.26. The lowest BCUT2D eigenvalue weighted by Crippen LogP contribution is -2.34. The van der Waals surface area contributed by atoms with Crippen LogP contribution in [0.2, 0.25) is 0 Å². The summed E-state index contributed by atoms with van der Waals surface area (Å²) in [7, 11) is 2.03. The van der Waals surface area contributed by atoms with E-state index in [1.54, 1.807) is 0 Å². The third-order valence-electron chi connectivity index (χ3n) is 4.90. The van der Waals surface area contributed by atoms with Gasteiger partial charge in [-0.15, -0.1) is 0 Å². The van der Waals surface area contributed by atoms with Crippen LogP contribution in [0.15, 0.2) is 36.7 Å². The van der Waals surface area contributed by atoms with Crippen molar-refractivity contribution in [2.75, 3.05) is 0 Å². The van der Waals surface area contributed by atoms with Crippen molar-refractivity contribution in [1.82, 2.24) is 14.5 Å². The Morgan fingerprint density at radius 3 is 2.64 bits per heavy atom. The third kappa shape index (κ3) is 1.87. The predicted octanol–water partition coefficient (Wildman–Crippen LogP) is 3.32. The number of hydrogen-bond donors (Lipinski definition) is 1. The molecule has 0 saturated heterocycles. The van der Waals surface area contributed by atoms with E-state index in [-0.39, 0.29) is 0 Å². The van der Waals surface area contributed by atoms with Gasteiger partial charge in [0.15, 0.2) is 0 Å². The van der Waals surface area contributed by atoms with E-state index in [9.17, 15) is 5.11 Å². The number of aliphatic hydroxyl groups is 1. The molecule has 0 aromatic carbocycles. The van der Waals surface area contributed by atoms with Gasteiger partial charge in [0.25, 0.3) is 0 Å². The van der Waals surface area contributed by atoms with E-state index in [1.165, 1.54) is 5.69 Å². The average molecular weight is 293 g/mol. The van der Waals surface area contributed by atoms with E-state index in [0.29, 0.717) is 0 Å². The minimum atomic E-state index is -0.699. The molecular weight excluding hydrogens is 274 g/mol. The van der Waals surface area contributed by atoms with Crippen LogP contribution in [-0.4, -0.2) is 19.6 Å². The number of rotatable bonds is 2. The van der Waals surface area contributed by atoms with E-state index in [4.69, 9.17) is 0 Å². The maximum absolute atomic E-state index is 10.4. The summed E-state index contributed by atoms with van der Waals surface area (Å²) in [6.07, 6.45) is 6.41. The van der Waals surface area contributed by atoms with Crippen molar-refractivity contribution in [3.8, 4) is 11.1 Å². The Labute approximate surface area is 129 Å². The van der Waals surface area contributed by atoms with Crippen molar-refractivity contribution in [2.45, 2.75) is 31.8 Å². The van der Waals surface area contributed by atoms with Gasteiger partial charge in [-0.2, -0.15) is 0 Å². The van der Waals surface area contributed by atoms with Crippen molar-refractivity contribution in [1.29, 1.82) is 0 Å². The monoisotopic (exact) mass is 293 g/mol. The molecule has 1 aliphatic rings. The fourth-order valence-electron chi connectivity index (χ4n) is 3.19. The first-order valence-electron chi connectivity index (χ1n) is 7.69. The second-order valence-electron chi connectivity index (χ2n) is 6.26. The smallest absolute Gasteiger partial charge is 0.140 e. The van der Waals surface area contributed by atoms with Gasteiger partial charge in [0.1, 0.15) is 11.2 Å². The third-order valence-corrected chi connectivity index (χ3v) is 4.90. The molecule has 0 atom stereocenters. The Hall–Kier alpha value is -2.20. The molecule has 4 heteroatoms. The molecule has 3 aromatic rings. The van der Waals surface area contributed by atoms with Gasteiger partial charge in [0.05, 0.1) is 5.69 Å². The summed E-state index contributed by atoms with van der Waals surface area (Å²) >= 11 is 0. The second kappa shape index (κ2) is 4.65. The Morgan fingerprint density at radius 1 is 1.18 bits per heavy atom. The van der Waals surface area contributed by atoms with Crippen molar-refractivity contribution in [3.05, 3.63) is 48.0 Å². The van der Waals surface area contributed by atoms with E-state index < -0.39 is 5.60 Å². The molecule has 112 valence electrons. The van der Waals surface area contributed by atoms with Gasteiger partial charge in [-0.3, -0.25) is 4.98 Å². The van der Waals surface area contributed by atoms with Crippen LogP contribution in [0.4, 0.5) is 0 Å². The van der Waals surface area contributed by atoms with E-state index in [1.807, 2.05) is 31.6 Å². The lowest BCUT2D eigenvalue weighted by atomic mass is 9.77. The quantitative estimate of drug-likeness (QED) is 0.788. The van der Waals surface area contributed by atoms with Crippen LogP contribution in [0.1, 0.15) is 30.7 Å². The SMILES string of the molecule is Cc1cc2c(-c3ccc(C4(O)CCC4)nc3)ccnc2n1C. The molecule has 0 aliphatic heterocycles. The maximum Gasteiger partial charge on any atom is 0.140 e. The molecule has 22 heavy (non-hydrogen) atoms. The highest BCUT2D eigenvalue weighted by molar-refractivity contribution is 5.93. The minimum Gasteiger partial charge on any atom is -0.384 e. The van der Waals surface area contributed by atoms with Crippen molar-refractivity contribution in [2.24, 2.45) is 7.05 Å². The number of hydrogen-bond acceptors (Lipinski definition) is 3. The fourth-order valence-corrected chi connectivity index (χ4v) is 3.19. The van der Waals surface area contributed by atoms with Crippen molar-refractivity contribution < 1.29 is 5.11 Å². The Balaban J connectivity index is 1.80. The number of nitrogens with zero attached hydrogens (tertiary/aromatic N) is 3. The summed E-state index contributed by atoms with van der Waals surface area (Å²) in [5, 5.41) is 11.5. The van der Waals surface area contributed by atoms with E-state index in [2.05, 4.69) is 33.6 Å². The van der Waals surface area contributed by atoms with Gasteiger partial charge in [-0.1, -0.05) is 6.07 Å². The number of aryl methyl sites for hydroxylation is 2. The minimum absolute atomic E-state index is 0.699. The van der Waals surface area contributed by atoms with Crippen LogP contribution in [0, 0.1) is 6.92 Å². The standard InChI is InChI=1S/C18H19N3O/c1-12-10-15-14(6-9-19-17(15)21(12)2)13-4-5-16(20-11-13)18(22)7-3-8-18/h4-6,9-11,22H,3,7-8H2,1-2H3. The molecule has 4 rings (SSSR count). The van der Waals surface area contributed by atoms with Gasteiger partial charge in [0, 0.05) is 36.1 Å². The predicted molar refractivity (Wildman–Crippen MR) is 86.4 cm³/mol. The van der Waals surface area contributed by atoms with E-state index in [0.717, 1.165) is 47.1 Å². The topological polar surface area (TPSA) is 50.9 Å². The zero-order chi connectivity index (χ0) is 15.3. The first kappa shape index (κ1) is 13.5. The normalized spacial score (nSPS) is 16.7. The van der Waals surface area contributed by atoms with Gasteiger partial charge in [-0.25, -0.2) is 4.98 Å². The molecule has 0 bridgehead atoms. The van der Waals surface area contributed by atoms with Crippen LogP contribution in [0.25, 0.3) is 22.2 Å². The molecule has 1 fully saturated rings. The highest BCUT2D eigenvalue weighted by Gasteiger charge is 2.37. The zero-order valence-electron chi connectivity index (χ0n) is 12.9. The van der Waals surface area contributed by atoms with Gasteiger partial charge in [0.2, 0.25) is 0 Å². The fraction of sp³-hybridized carbons (Fsp3) is 0.333. The molecule has 3 heterocycles. The molecule has 3 aromatic heterocycles. The highest BCUT2D eigenvalue weighted by atomic mass is 16.3. The molecule has 0 radical (unpaired) electrons. The van der Waals surface area contributed by atoms with E-state index >= 15 is 0 Å². The van der Waals surface area contributed by atoms with Crippen LogP contribution in [0.3, 0.4) is 0 Å². The van der Waals surface area contributed by atoms with Crippen LogP contribution >= 0.6 is 0 Å². The average Bonchev–Trinajstić information content (AvgIpc) is 2.80. The number of aromatic nitrogens is 3. The Kier molecular flexibility index (Phi) is 2.84. The molecule has 1 saturated carbocycles. The van der Waals surface area contributed by atoms with Gasteiger partial charge < -0.3 is 9.67 Å². The summed E-state index contributed by atoms with van der Waals surface area (Å²) in [4.78, 5) is 8.98. The van der Waals surface area contributed by atoms with Crippen molar-refractivity contribution in [3.63, 3.8) is 0 Å². The molecule has 1 N–H and O–H groups in total. The Bertz CT molecular complexity index is 845. The van der Waals surface area contributed by atoms with Gasteiger partial charge >= 0.3 is 0 Å². The van der Waals surface area contributed by atoms with Crippen LogP contribution in [0.5, 0.6) is 0 Å². The first-order valence-corrected chi connectivity index (χ1v) is 7.69. The highest BCUT2D eigenvalue weighted by Crippen LogP contribution is 2.40. The Morgan fingerprint density at radius 2 is 2.00 bits per heavy atom. The largest absolute Gasteiger partial charge is 0.384 e. The molecule has 0 amide bonds. The molecule has 1 aliphatic carbocycles. The summed E-state index contributed by atoms with van der Waals surface area (Å²) in [6, 6.07) is 8.19.